The molecule has 1 aliphatic rings. The third-order valence-corrected chi connectivity index (χ3v) is 6.56. The molecule has 1 N–H and O–H groups in total. The molecule has 3 aromatic heterocycles. The first-order chi connectivity index (χ1) is 18.5. The molecule has 1 aromatic carbocycles. The molecule has 1 aliphatic heterocycles. The Bertz CT molecular complexity index is 1470. The SMILES string of the molecule is COC(=O)c1ccc(C(=O)CC2CCN(c3cc(Nc4ccc(OC)c(OC)n4)c4nccn4n3)C2)cc1. The van der Waals surface area contributed by atoms with Crippen LogP contribution in [0.25, 0.3) is 5.65 Å². The van der Waals surface area contributed by atoms with Crippen molar-refractivity contribution in [3.63, 3.8) is 0 Å². The van der Waals surface area contributed by atoms with Crippen molar-refractivity contribution in [3.8, 4) is 11.6 Å². The lowest BCUT2D eigenvalue weighted by Crippen LogP contribution is -2.22. The predicted molar refractivity (Wildman–Crippen MR) is 141 cm³/mol. The van der Waals surface area contributed by atoms with Crippen LogP contribution < -0.4 is 19.7 Å². The lowest BCUT2D eigenvalue weighted by Gasteiger charge is -2.19. The number of Topliss-reactive ketones (excluding diaryl/α,β-unsaturated/α-hetero) is 1. The number of anilines is 3. The van der Waals surface area contributed by atoms with Crippen molar-refractivity contribution in [2.45, 2.75) is 12.8 Å². The first-order valence-corrected chi connectivity index (χ1v) is 12.2. The zero-order valence-electron chi connectivity index (χ0n) is 21.4. The van der Waals surface area contributed by atoms with E-state index in [9.17, 15) is 9.59 Å². The van der Waals surface area contributed by atoms with Crippen molar-refractivity contribution < 1.29 is 23.8 Å². The first kappa shape index (κ1) is 25.0. The molecule has 0 aliphatic carbocycles. The minimum Gasteiger partial charge on any atom is -0.491 e. The zero-order valence-corrected chi connectivity index (χ0v) is 21.4. The Morgan fingerprint density at radius 1 is 1.05 bits per heavy atom. The average Bonchev–Trinajstić information content (AvgIpc) is 3.62. The second-order valence-corrected chi connectivity index (χ2v) is 8.94. The van der Waals surface area contributed by atoms with Gasteiger partial charge in [0.1, 0.15) is 5.82 Å². The van der Waals surface area contributed by atoms with Gasteiger partial charge < -0.3 is 24.4 Å². The van der Waals surface area contributed by atoms with Crippen LogP contribution in [0, 0.1) is 5.92 Å². The average molecular weight is 517 g/mol. The highest BCUT2D eigenvalue weighted by atomic mass is 16.5. The van der Waals surface area contributed by atoms with Gasteiger partial charge >= 0.3 is 5.97 Å². The van der Waals surface area contributed by atoms with Crippen LogP contribution in [0.5, 0.6) is 11.6 Å². The van der Waals surface area contributed by atoms with Crippen LogP contribution in [-0.4, -0.2) is 65.8 Å². The van der Waals surface area contributed by atoms with Crippen LogP contribution in [0.15, 0.2) is 54.9 Å². The molecular formula is C27H28N6O5. The van der Waals surface area contributed by atoms with Crippen molar-refractivity contribution in [2.24, 2.45) is 5.92 Å². The summed E-state index contributed by atoms with van der Waals surface area (Å²) in [5, 5.41) is 8.05. The molecule has 0 spiro atoms. The first-order valence-electron chi connectivity index (χ1n) is 12.2. The largest absolute Gasteiger partial charge is 0.491 e. The summed E-state index contributed by atoms with van der Waals surface area (Å²) in [5.41, 5.74) is 2.41. The Hall–Kier alpha value is -4.67. The summed E-state index contributed by atoms with van der Waals surface area (Å²) >= 11 is 0. The van der Waals surface area contributed by atoms with Gasteiger partial charge in [-0.15, -0.1) is 5.10 Å². The minimum absolute atomic E-state index is 0.0492. The Labute approximate surface area is 219 Å². The van der Waals surface area contributed by atoms with Gasteiger partial charge in [0.2, 0.25) is 0 Å². The molecule has 5 rings (SSSR count). The number of hydrogen-bond acceptors (Lipinski definition) is 10. The molecule has 0 bridgehead atoms. The number of nitrogens with zero attached hydrogens (tertiary/aromatic N) is 5. The van der Waals surface area contributed by atoms with E-state index in [-0.39, 0.29) is 11.7 Å². The number of carbonyl (C=O) groups is 2. The number of nitrogens with one attached hydrogen (secondary N) is 1. The summed E-state index contributed by atoms with van der Waals surface area (Å²) in [6.45, 7) is 1.48. The molecule has 1 atom stereocenters. The number of methoxy groups -OCH3 is 3. The van der Waals surface area contributed by atoms with Gasteiger partial charge in [-0.3, -0.25) is 4.79 Å². The molecule has 196 valence electrons. The molecule has 0 saturated carbocycles. The van der Waals surface area contributed by atoms with E-state index >= 15 is 0 Å². The number of rotatable bonds is 9. The van der Waals surface area contributed by atoms with Crippen molar-refractivity contribution in [2.75, 3.05) is 44.6 Å². The van der Waals surface area contributed by atoms with Crippen LogP contribution in [-0.2, 0) is 4.74 Å². The number of aromatic nitrogens is 4. The standard InChI is InChI=1S/C27H28N6O5/c1-36-22-8-9-23(30-26(22)37-2)29-20-15-24(31-33-13-11-28-25(20)33)32-12-10-17(16-32)14-21(34)18-4-6-19(7-5-18)27(35)38-3/h4-9,11,13,15,17H,10,12,14,16H2,1-3H3,(H,29,30). The number of fused-ring (bicyclic) bond motifs is 1. The summed E-state index contributed by atoms with van der Waals surface area (Å²) in [6.07, 6.45) is 4.77. The smallest absolute Gasteiger partial charge is 0.337 e. The second kappa shape index (κ2) is 10.8. The van der Waals surface area contributed by atoms with E-state index in [2.05, 4.69) is 20.2 Å². The zero-order chi connectivity index (χ0) is 26.6. The van der Waals surface area contributed by atoms with Crippen molar-refractivity contribution >= 4 is 34.7 Å². The molecule has 38 heavy (non-hydrogen) atoms. The lowest BCUT2D eigenvalue weighted by atomic mass is 9.97. The summed E-state index contributed by atoms with van der Waals surface area (Å²) in [6, 6.07) is 12.1. The monoisotopic (exact) mass is 516 g/mol. The van der Waals surface area contributed by atoms with Gasteiger partial charge in [0.15, 0.2) is 23.0 Å². The number of esters is 1. The highest BCUT2D eigenvalue weighted by molar-refractivity contribution is 5.97. The molecule has 0 radical (unpaired) electrons. The molecule has 4 heterocycles. The molecule has 1 fully saturated rings. The number of ether oxygens (including phenoxy) is 3. The molecule has 11 heteroatoms. The van der Waals surface area contributed by atoms with Gasteiger partial charge in [-0.1, -0.05) is 12.1 Å². The van der Waals surface area contributed by atoms with Gasteiger partial charge in [-0.05, 0) is 36.6 Å². The predicted octanol–water partition coefficient (Wildman–Crippen LogP) is 3.77. The third-order valence-electron chi connectivity index (χ3n) is 6.56. The number of hydrogen-bond donors (Lipinski definition) is 1. The second-order valence-electron chi connectivity index (χ2n) is 8.94. The minimum atomic E-state index is -0.423. The van der Waals surface area contributed by atoms with Crippen LogP contribution in [0.4, 0.5) is 17.3 Å². The van der Waals surface area contributed by atoms with E-state index in [1.54, 1.807) is 60.4 Å². The van der Waals surface area contributed by atoms with E-state index in [0.717, 1.165) is 24.5 Å². The van der Waals surface area contributed by atoms with Crippen LogP contribution in [0.3, 0.4) is 0 Å². The van der Waals surface area contributed by atoms with Crippen molar-refractivity contribution in [3.05, 3.63) is 66.0 Å². The molecule has 0 amide bonds. The van der Waals surface area contributed by atoms with E-state index in [1.807, 2.05) is 6.07 Å². The van der Waals surface area contributed by atoms with Gasteiger partial charge in [-0.2, -0.15) is 4.98 Å². The summed E-state index contributed by atoms with van der Waals surface area (Å²) in [5.74, 6) is 2.08. The topological polar surface area (TPSA) is 120 Å². The summed E-state index contributed by atoms with van der Waals surface area (Å²) in [7, 11) is 4.43. The van der Waals surface area contributed by atoms with Crippen LogP contribution >= 0.6 is 0 Å². The highest BCUT2D eigenvalue weighted by Crippen LogP contribution is 2.31. The Balaban J connectivity index is 1.30. The fourth-order valence-electron chi connectivity index (χ4n) is 4.58. The Kier molecular flexibility index (Phi) is 7.07. The Morgan fingerprint density at radius 3 is 2.58 bits per heavy atom. The molecule has 4 aromatic rings. The maximum absolute atomic E-state index is 12.9. The van der Waals surface area contributed by atoms with E-state index in [4.69, 9.17) is 19.3 Å². The molecular weight excluding hydrogens is 488 g/mol. The number of ketones is 1. The van der Waals surface area contributed by atoms with Crippen LogP contribution in [0.2, 0.25) is 0 Å². The highest BCUT2D eigenvalue weighted by Gasteiger charge is 2.27. The van der Waals surface area contributed by atoms with Crippen molar-refractivity contribution in [1.82, 2.24) is 19.6 Å². The van der Waals surface area contributed by atoms with Gasteiger partial charge in [0.25, 0.3) is 5.88 Å². The summed E-state index contributed by atoms with van der Waals surface area (Å²) < 4.78 is 17.0. The maximum Gasteiger partial charge on any atom is 0.337 e. The molecule has 11 nitrogen and oxygen atoms in total. The van der Waals surface area contributed by atoms with Crippen molar-refractivity contribution in [1.29, 1.82) is 0 Å². The fourth-order valence-corrected chi connectivity index (χ4v) is 4.58. The molecule has 1 unspecified atom stereocenters. The van der Waals surface area contributed by atoms with Crippen LogP contribution in [0.1, 0.15) is 33.6 Å². The third kappa shape index (κ3) is 5.08. The van der Waals surface area contributed by atoms with Gasteiger partial charge in [-0.25, -0.2) is 14.3 Å². The number of pyridine rings is 1. The quantitative estimate of drug-likeness (QED) is 0.260. The normalized spacial score (nSPS) is 14.9. The van der Waals surface area contributed by atoms with Gasteiger partial charge in [0.05, 0.1) is 32.6 Å². The fraction of sp³-hybridized carbons (Fsp3) is 0.296. The number of imidazole rings is 1. The Morgan fingerprint density at radius 2 is 1.84 bits per heavy atom. The van der Waals surface area contributed by atoms with E-state index < -0.39 is 5.97 Å². The number of benzene rings is 1. The lowest BCUT2D eigenvalue weighted by molar-refractivity contribution is 0.0600. The molecule has 1 saturated heterocycles. The number of carbonyl (C=O) groups excluding carboxylic acids is 2. The van der Waals surface area contributed by atoms with E-state index in [1.165, 1.54) is 14.2 Å². The van der Waals surface area contributed by atoms with Gasteiger partial charge in [0, 0.05) is 43.5 Å². The summed E-state index contributed by atoms with van der Waals surface area (Å²) in [4.78, 5) is 35.6. The van der Waals surface area contributed by atoms with E-state index in [0.29, 0.717) is 47.2 Å². The maximum atomic E-state index is 12.9.